The van der Waals surface area contributed by atoms with Crippen molar-refractivity contribution in [1.82, 2.24) is 0 Å². The minimum absolute atomic E-state index is 1.25. The van der Waals surface area contributed by atoms with Crippen LogP contribution in [0.1, 0.15) is 0 Å². The van der Waals surface area contributed by atoms with Crippen LogP contribution in [0, 0.1) is 6.58 Å². The Balaban J connectivity index is 0. The fraction of sp³-hybridized carbons (Fsp3) is 0.333. The fourth-order valence-corrected chi connectivity index (χ4v) is 0. The Morgan fingerprint density at radius 3 is 1.83 bits per heavy atom. The van der Waals surface area contributed by atoms with Gasteiger partial charge in [0.15, 0.2) is 0 Å². The topological polar surface area (TPSA) is 14.1 Å². The molecule has 0 amide bonds. The second kappa shape index (κ2) is 16.8. The van der Waals surface area contributed by atoms with Crippen molar-refractivity contribution < 1.29 is 32.4 Å². The Morgan fingerprint density at radius 2 is 1.83 bits per heavy atom. The van der Waals surface area contributed by atoms with Gasteiger partial charge in [0.2, 0.25) is 0 Å². The zero-order valence-electron chi connectivity index (χ0n) is 3.42. The average Bonchev–Trinajstić information content (AvgIpc) is 1.72. The van der Waals surface area contributed by atoms with Crippen LogP contribution >= 0.6 is 0 Å². The van der Waals surface area contributed by atoms with Gasteiger partial charge in [0.25, 0.3) is 0 Å². The van der Waals surface area contributed by atoms with Crippen molar-refractivity contribution in [3.63, 3.8) is 0 Å². The van der Waals surface area contributed by atoms with Crippen molar-refractivity contribution in [2.24, 2.45) is 0 Å². The molecule has 0 aromatic heterocycles. The summed E-state index contributed by atoms with van der Waals surface area (Å²) in [4.78, 5) is 0. The van der Waals surface area contributed by atoms with Crippen molar-refractivity contribution in [1.29, 1.82) is 0 Å². The first-order valence-corrected chi connectivity index (χ1v) is 12.2. The Labute approximate surface area is 57.4 Å². The first-order valence-electron chi connectivity index (χ1n) is 1.21. The van der Waals surface area contributed by atoms with Gasteiger partial charge in [-0.05, 0) is 0 Å². The zero-order valence-corrected chi connectivity index (χ0v) is 9.29. The van der Waals surface area contributed by atoms with Gasteiger partial charge < -0.3 is 18.1 Å². The van der Waals surface area contributed by atoms with Crippen LogP contribution < -0.4 is 0 Å². The van der Waals surface area contributed by atoms with Crippen LogP contribution in [0.15, 0.2) is 6.20 Å². The number of hydrogen-bond acceptors (Lipinski definition) is 0. The summed E-state index contributed by atoms with van der Waals surface area (Å²) in [6, 6.07) is 0. The van der Waals surface area contributed by atoms with Crippen LogP contribution in [-0.4, -0.2) is 7.05 Å². The predicted molar refractivity (Wildman–Crippen MR) is 18.2 cm³/mol. The van der Waals surface area contributed by atoms with Crippen molar-refractivity contribution in [3.05, 3.63) is 18.1 Å². The third-order valence-electron chi connectivity index (χ3n) is 0.149. The summed E-state index contributed by atoms with van der Waals surface area (Å²) in [5.74, 6) is 0. The maximum absolute atomic E-state index is 4.74. The van der Waals surface area contributed by atoms with E-state index in [2.05, 4.69) is 5.32 Å². The van der Waals surface area contributed by atoms with Gasteiger partial charge in [-0.25, -0.2) is 0 Å². The Bertz CT molecular complexity index is 30.0. The molecule has 6 heavy (non-hydrogen) atoms. The van der Waals surface area contributed by atoms with E-state index in [1.165, 1.54) is 6.20 Å². The molecule has 0 aromatic rings. The normalized spacial score (nSPS) is 4.17. The second-order valence-electron chi connectivity index (χ2n) is 0.407. The second-order valence-corrected chi connectivity index (χ2v) is 0.407. The molecule has 0 heterocycles. The van der Waals surface area contributed by atoms with Crippen LogP contribution in [0.3, 0.4) is 0 Å². The molecule has 0 N–H and O–H groups in total. The molecule has 3 heteroatoms. The molecule has 0 saturated heterocycles. The average molecular weight is 423 g/mol. The van der Waals surface area contributed by atoms with E-state index < -0.39 is 0 Å². The first-order chi connectivity index (χ1) is 2.91. The molecule has 0 atom stereocenters. The molecule has 0 spiro atoms. The van der Waals surface area contributed by atoms with E-state index in [4.69, 9.17) is 6.58 Å². The molecule has 1 nitrogen and oxygen atoms in total. The van der Waals surface area contributed by atoms with Gasteiger partial charge in [0.05, 0.1) is 0 Å². The molecule has 36 valence electrons. The quantitative estimate of drug-likeness (QED) is 0.558. The van der Waals surface area contributed by atoms with E-state index in [9.17, 15) is 0 Å². The van der Waals surface area contributed by atoms with Crippen molar-refractivity contribution >= 4 is 0 Å². The fourth-order valence-electron chi connectivity index (χ4n) is 0. The summed E-state index contributed by atoms with van der Waals surface area (Å²) in [7, 11) is 1.62. The summed E-state index contributed by atoms with van der Waals surface area (Å²) in [6.45, 7) is 4.74. The molecule has 0 aliphatic heterocycles. The minimum atomic E-state index is 1.25. The van der Waals surface area contributed by atoms with Crippen molar-refractivity contribution in [2.45, 2.75) is 0 Å². The van der Waals surface area contributed by atoms with Gasteiger partial charge in [-0.3, -0.25) is 0 Å². The molecule has 0 saturated carbocycles. The van der Waals surface area contributed by atoms with Crippen LogP contribution in [0.5, 0.6) is 0 Å². The predicted octanol–water partition coefficient (Wildman–Crippen LogP) is 0.932. The van der Waals surface area contributed by atoms with E-state index in [0.717, 1.165) is 0 Å². The summed E-state index contributed by atoms with van der Waals surface area (Å²) in [5.41, 5.74) is 0. The van der Waals surface area contributed by atoms with Gasteiger partial charge in [-0.2, -0.15) is 0 Å². The molecule has 0 radical (unpaired) electrons. The molecule has 0 unspecified atom stereocenters. The number of rotatable bonds is 1. The van der Waals surface area contributed by atoms with Gasteiger partial charge in [-0.1, -0.05) is 0 Å². The third kappa shape index (κ3) is 20.5. The molecule has 0 aromatic carbocycles. The third-order valence-corrected chi connectivity index (χ3v) is 0.149. The number of nitrogens with zero attached hydrogens (tertiary/aromatic N) is 1. The number of hydrogen-bond donors (Lipinski definition) is 0. The van der Waals surface area contributed by atoms with E-state index in [-0.39, 0.29) is 0 Å². The van der Waals surface area contributed by atoms with E-state index >= 15 is 0 Å². The van der Waals surface area contributed by atoms with Crippen molar-refractivity contribution in [2.75, 3.05) is 7.05 Å². The summed E-state index contributed by atoms with van der Waals surface area (Å²) in [5, 5.41) is 3.39. The molecular weight excluding hydrogens is 418 g/mol. The zero-order chi connectivity index (χ0) is 5.41. The van der Waals surface area contributed by atoms with Gasteiger partial charge in [0, 0.05) is 0 Å². The summed E-state index contributed by atoms with van der Waals surface area (Å²) >= 11 is 3.33. The monoisotopic (exact) mass is 423 g/mol. The standard InChI is InChI=1S/C3H5N.2W/c1-3-4-2;;/h1,3H,2H3;;/q-2;;. The maximum atomic E-state index is 4.74. The van der Waals surface area contributed by atoms with Crippen LogP contribution in [0.4, 0.5) is 0 Å². The van der Waals surface area contributed by atoms with Crippen LogP contribution in [-0.2, 0) is 32.4 Å². The Kier molecular flexibility index (Phi) is 28.1. The Morgan fingerprint density at radius 1 is 1.67 bits per heavy atom. The first kappa shape index (κ1) is 10.0. The van der Waals surface area contributed by atoms with Gasteiger partial charge in [0.1, 0.15) is 0 Å². The van der Waals surface area contributed by atoms with Gasteiger partial charge >= 0.3 is 32.4 Å². The van der Waals surface area contributed by atoms with E-state index in [0.29, 0.717) is 0 Å². The molecule has 0 rings (SSSR count). The molecular formula is C3H5NW2-2. The molecule has 0 aliphatic rings. The molecule has 0 aliphatic carbocycles. The van der Waals surface area contributed by atoms with E-state index in [1.807, 2.05) is 0 Å². The molecule has 0 bridgehead atoms. The van der Waals surface area contributed by atoms with Crippen molar-refractivity contribution in [3.8, 4) is 0 Å². The van der Waals surface area contributed by atoms with Crippen LogP contribution in [0.25, 0.3) is 5.32 Å². The summed E-state index contributed by atoms with van der Waals surface area (Å²) in [6.07, 6.45) is 1.25. The SMILES string of the molecule is [CH-]=C[N-]C.[W]=[W]. The molecule has 0 fully saturated rings. The summed E-state index contributed by atoms with van der Waals surface area (Å²) < 4.78 is 0. The Hall–Kier alpha value is 0.917. The van der Waals surface area contributed by atoms with Crippen LogP contribution in [0.2, 0.25) is 0 Å². The van der Waals surface area contributed by atoms with Gasteiger partial charge in [-0.15, -0.1) is 7.05 Å². The van der Waals surface area contributed by atoms with E-state index in [1.54, 1.807) is 39.5 Å².